The Kier molecular flexibility index (Phi) is 6.66. The van der Waals surface area contributed by atoms with E-state index in [9.17, 15) is 14.4 Å². The molecule has 6 nitrogen and oxygen atoms in total. The molecule has 1 saturated heterocycles. The minimum atomic E-state index is -0.282. The molecule has 28 heavy (non-hydrogen) atoms. The van der Waals surface area contributed by atoms with Crippen LogP contribution in [0.15, 0.2) is 54.6 Å². The van der Waals surface area contributed by atoms with Crippen molar-refractivity contribution in [1.82, 2.24) is 15.5 Å². The lowest BCUT2D eigenvalue weighted by molar-refractivity contribution is -0.121. The first-order valence-electron chi connectivity index (χ1n) is 9.21. The fourth-order valence-corrected chi connectivity index (χ4v) is 3.38. The number of hydrogen-bond donors (Lipinski definition) is 2. The van der Waals surface area contributed by atoms with Gasteiger partial charge in [-0.3, -0.25) is 14.4 Å². The molecule has 2 aromatic rings. The van der Waals surface area contributed by atoms with Crippen molar-refractivity contribution in [2.24, 2.45) is 0 Å². The standard InChI is InChI=1S/C21H22ClN3O3/c22-18-9-5-4-8-17(18)21(28)25-12-10-16(11-13-25)24-19(26)14-23-20(27)15-6-2-1-3-7-15/h1-9,16H,10-14H2,(H,23,27)(H,24,26). The molecule has 1 aliphatic heterocycles. The molecule has 1 heterocycles. The van der Waals surface area contributed by atoms with Crippen molar-refractivity contribution in [2.45, 2.75) is 18.9 Å². The van der Waals surface area contributed by atoms with Gasteiger partial charge in [-0.05, 0) is 37.1 Å². The van der Waals surface area contributed by atoms with Gasteiger partial charge in [0.25, 0.3) is 11.8 Å². The molecule has 0 saturated carbocycles. The molecule has 0 unspecified atom stereocenters. The van der Waals surface area contributed by atoms with Crippen molar-refractivity contribution in [1.29, 1.82) is 0 Å². The van der Waals surface area contributed by atoms with Gasteiger partial charge in [0.2, 0.25) is 5.91 Å². The summed E-state index contributed by atoms with van der Waals surface area (Å²) in [7, 11) is 0. The first-order valence-corrected chi connectivity index (χ1v) is 9.59. The molecule has 0 bridgehead atoms. The summed E-state index contributed by atoms with van der Waals surface area (Å²) in [5.74, 6) is -0.610. The smallest absolute Gasteiger partial charge is 0.255 e. The Hall–Kier alpha value is -2.86. The van der Waals surface area contributed by atoms with E-state index >= 15 is 0 Å². The summed E-state index contributed by atoms with van der Waals surface area (Å²) < 4.78 is 0. The lowest BCUT2D eigenvalue weighted by Crippen LogP contribution is -2.48. The van der Waals surface area contributed by atoms with Crippen molar-refractivity contribution in [3.8, 4) is 0 Å². The average Bonchev–Trinajstić information content (AvgIpc) is 2.73. The number of benzene rings is 2. The van der Waals surface area contributed by atoms with Crippen LogP contribution in [-0.4, -0.2) is 48.3 Å². The molecular weight excluding hydrogens is 378 g/mol. The molecule has 3 rings (SSSR count). The van der Waals surface area contributed by atoms with E-state index < -0.39 is 0 Å². The second-order valence-corrected chi connectivity index (χ2v) is 7.07. The minimum Gasteiger partial charge on any atom is -0.352 e. The van der Waals surface area contributed by atoms with Gasteiger partial charge in [-0.1, -0.05) is 41.9 Å². The number of amides is 3. The SMILES string of the molecule is O=C(CNC(=O)c1ccccc1)NC1CCN(C(=O)c2ccccc2Cl)CC1. The van der Waals surface area contributed by atoms with E-state index in [0.717, 1.165) is 0 Å². The fourth-order valence-electron chi connectivity index (χ4n) is 3.16. The molecule has 0 atom stereocenters. The number of carbonyl (C=O) groups excluding carboxylic acids is 3. The first kappa shape index (κ1) is 19.9. The van der Waals surface area contributed by atoms with Crippen molar-refractivity contribution >= 4 is 29.3 Å². The molecular formula is C21H22ClN3O3. The van der Waals surface area contributed by atoms with Crippen LogP contribution >= 0.6 is 11.6 Å². The Morgan fingerprint density at radius 2 is 1.61 bits per heavy atom. The molecule has 0 spiro atoms. The Balaban J connectivity index is 1.43. The van der Waals surface area contributed by atoms with Crippen LogP contribution in [0.1, 0.15) is 33.6 Å². The third kappa shape index (κ3) is 5.10. The summed E-state index contributed by atoms with van der Waals surface area (Å²) in [6.07, 6.45) is 1.32. The lowest BCUT2D eigenvalue weighted by Gasteiger charge is -2.32. The topological polar surface area (TPSA) is 78.5 Å². The summed E-state index contributed by atoms with van der Waals surface area (Å²) in [4.78, 5) is 38.4. The molecule has 2 N–H and O–H groups in total. The molecule has 2 aromatic carbocycles. The van der Waals surface area contributed by atoms with Crippen LogP contribution in [0.4, 0.5) is 0 Å². The largest absolute Gasteiger partial charge is 0.352 e. The van der Waals surface area contributed by atoms with Crippen molar-refractivity contribution in [3.63, 3.8) is 0 Å². The lowest BCUT2D eigenvalue weighted by atomic mass is 10.0. The maximum absolute atomic E-state index is 12.6. The van der Waals surface area contributed by atoms with Gasteiger partial charge in [0.1, 0.15) is 0 Å². The van der Waals surface area contributed by atoms with E-state index in [2.05, 4.69) is 10.6 Å². The third-order valence-corrected chi connectivity index (χ3v) is 5.03. The van der Waals surface area contributed by atoms with Gasteiger partial charge >= 0.3 is 0 Å². The highest BCUT2D eigenvalue weighted by Gasteiger charge is 2.25. The highest BCUT2D eigenvalue weighted by molar-refractivity contribution is 6.33. The van der Waals surface area contributed by atoms with Crippen LogP contribution in [0.3, 0.4) is 0 Å². The van der Waals surface area contributed by atoms with Crippen LogP contribution in [0.2, 0.25) is 5.02 Å². The van der Waals surface area contributed by atoms with Crippen molar-refractivity contribution in [3.05, 3.63) is 70.7 Å². The van der Waals surface area contributed by atoms with Crippen molar-refractivity contribution < 1.29 is 14.4 Å². The van der Waals surface area contributed by atoms with Crippen LogP contribution in [0.5, 0.6) is 0 Å². The number of piperidine rings is 1. The predicted octanol–water partition coefficient (Wildman–Crippen LogP) is 2.49. The number of hydrogen-bond acceptors (Lipinski definition) is 3. The monoisotopic (exact) mass is 399 g/mol. The summed E-state index contributed by atoms with van der Waals surface area (Å²) in [6, 6.07) is 15.7. The van der Waals surface area contributed by atoms with E-state index in [1.807, 2.05) is 6.07 Å². The molecule has 0 aromatic heterocycles. The first-order chi connectivity index (χ1) is 13.5. The highest BCUT2D eigenvalue weighted by Crippen LogP contribution is 2.20. The molecule has 1 fully saturated rings. The van der Waals surface area contributed by atoms with E-state index in [-0.39, 0.29) is 30.3 Å². The predicted molar refractivity (Wildman–Crippen MR) is 107 cm³/mol. The van der Waals surface area contributed by atoms with Crippen molar-refractivity contribution in [2.75, 3.05) is 19.6 Å². The summed E-state index contributed by atoms with van der Waals surface area (Å²) >= 11 is 6.10. The zero-order chi connectivity index (χ0) is 19.9. The van der Waals surface area contributed by atoms with Gasteiger partial charge in [-0.2, -0.15) is 0 Å². The molecule has 7 heteroatoms. The Labute approximate surface area is 168 Å². The van der Waals surface area contributed by atoms with Crippen LogP contribution in [0, 0.1) is 0 Å². The fraction of sp³-hybridized carbons (Fsp3) is 0.286. The van der Waals surface area contributed by atoms with Gasteiger partial charge in [0.15, 0.2) is 0 Å². The molecule has 1 aliphatic rings. The second-order valence-electron chi connectivity index (χ2n) is 6.66. The number of nitrogens with zero attached hydrogens (tertiary/aromatic N) is 1. The maximum atomic E-state index is 12.6. The Morgan fingerprint density at radius 1 is 0.964 bits per heavy atom. The summed E-state index contributed by atoms with van der Waals surface area (Å²) in [5, 5.41) is 5.97. The summed E-state index contributed by atoms with van der Waals surface area (Å²) in [5.41, 5.74) is 1.01. The summed E-state index contributed by atoms with van der Waals surface area (Å²) in [6.45, 7) is 1.02. The zero-order valence-electron chi connectivity index (χ0n) is 15.4. The zero-order valence-corrected chi connectivity index (χ0v) is 16.1. The van der Waals surface area contributed by atoms with E-state index in [4.69, 9.17) is 11.6 Å². The van der Waals surface area contributed by atoms with E-state index in [1.165, 1.54) is 0 Å². The number of nitrogens with one attached hydrogen (secondary N) is 2. The second kappa shape index (κ2) is 9.37. The molecule has 0 aliphatic carbocycles. The minimum absolute atomic E-state index is 0.0172. The quantitative estimate of drug-likeness (QED) is 0.810. The van der Waals surface area contributed by atoms with Gasteiger partial charge < -0.3 is 15.5 Å². The third-order valence-electron chi connectivity index (χ3n) is 4.70. The molecule has 3 amide bonds. The van der Waals surface area contributed by atoms with Crippen LogP contribution in [-0.2, 0) is 4.79 Å². The van der Waals surface area contributed by atoms with E-state index in [0.29, 0.717) is 42.1 Å². The Bertz CT molecular complexity index is 849. The highest BCUT2D eigenvalue weighted by atomic mass is 35.5. The number of halogens is 1. The average molecular weight is 400 g/mol. The number of carbonyl (C=O) groups is 3. The molecule has 146 valence electrons. The number of rotatable bonds is 5. The Morgan fingerprint density at radius 3 is 2.29 bits per heavy atom. The number of likely N-dealkylation sites (tertiary alicyclic amines) is 1. The van der Waals surface area contributed by atoms with Gasteiger partial charge in [0, 0.05) is 24.7 Å². The van der Waals surface area contributed by atoms with Gasteiger partial charge in [-0.25, -0.2) is 0 Å². The van der Waals surface area contributed by atoms with Crippen LogP contribution < -0.4 is 10.6 Å². The maximum Gasteiger partial charge on any atom is 0.255 e. The molecule has 0 radical (unpaired) electrons. The van der Waals surface area contributed by atoms with E-state index in [1.54, 1.807) is 53.4 Å². The normalized spacial score (nSPS) is 14.4. The van der Waals surface area contributed by atoms with Gasteiger partial charge in [0.05, 0.1) is 17.1 Å². The van der Waals surface area contributed by atoms with Crippen LogP contribution in [0.25, 0.3) is 0 Å². The van der Waals surface area contributed by atoms with Gasteiger partial charge in [-0.15, -0.1) is 0 Å².